The summed E-state index contributed by atoms with van der Waals surface area (Å²) in [6.45, 7) is 3.56. The smallest absolute Gasteiger partial charge is 0.338 e. The van der Waals surface area contributed by atoms with Gasteiger partial charge in [-0.25, -0.2) is 14.2 Å². The number of carboxylic acids is 1. The highest BCUT2D eigenvalue weighted by atomic mass is 35.5. The van der Waals surface area contributed by atoms with Crippen LogP contribution in [0.4, 0.5) is 4.39 Å². The van der Waals surface area contributed by atoms with E-state index in [0.29, 0.717) is 16.3 Å². The van der Waals surface area contributed by atoms with Crippen molar-refractivity contribution in [1.82, 2.24) is 4.98 Å². The summed E-state index contributed by atoms with van der Waals surface area (Å²) in [6.07, 6.45) is 0. The molecular formula is C15H13ClFNO2S. The third-order valence-corrected chi connectivity index (χ3v) is 4.22. The summed E-state index contributed by atoms with van der Waals surface area (Å²) >= 11 is 7.03. The van der Waals surface area contributed by atoms with Gasteiger partial charge in [-0.05, 0) is 43.2 Å². The van der Waals surface area contributed by atoms with Gasteiger partial charge in [-0.2, -0.15) is 0 Å². The molecule has 1 heterocycles. The van der Waals surface area contributed by atoms with Gasteiger partial charge in [-0.3, -0.25) is 0 Å². The molecule has 0 radical (unpaired) electrons. The lowest BCUT2D eigenvalue weighted by atomic mass is 10.1. The number of halogens is 2. The van der Waals surface area contributed by atoms with Crippen molar-refractivity contribution >= 4 is 29.3 Å². The SMILES string of the molecule is Cc1cc(C)c(C(=O)O)c(SCc2ccc(F)c(Cl)c2)n1. The fraction of sp³-hybridized carbons (Fsp3) is 0.200. The lowest BCUT2D eigenvalue weighted by Gasteiger charge is -2.09. The predicted molar refractivity (Wildman–Crippen MR) is 81.6 cm³/mol. The molecule has 0 amide bonds. The minimum Gasteiger partial charge on any atom is -0.478 e. The van der Waals surface area contributed by atoms with Gasteiger partial charge in [-0.15, -0.1) is 11.8 Å². The highest BCUT2D eigenvalue weighted by Gasteiger charge is 2.16. The molecule has 0 atom stereocenters. The van der Waals surface area contributed by atoms with E-state index >= 15 is 0 Å². The summed E-state index contributed by atoms with van der Waals surface area (Å²) in [6, 6.07) is 6.19. The van der Waals surface area contributed by atoms with Gasteiger partial charge in [0.05, 0.1) is 10.6 Å². The van der Waals surface area contributed by atoms with Gasteiger partial charge in [0.15, 0.2) is 0 Å². The minimum absolute atomic E-state index is 0.0555. The van der Waals surface area contributed by atoms with Gasteiger partial charge < -0.3 is 5.11 Å². The Hall–Kier alpha value is -1.59. The third-order valence-electron chi connectivity index (χ3n) is 2.88. The number of hydrogen-bond acceptors (Lipinski definition) is 3. The number of aromatic carboxylic acids is 1. The van der Waals surface area contributed by atoms with Gasteiger partial charge in [0.25, 0.3) is 0 Å². The van der Waals surface area contributed by atoms with Crippen molar-refractivity contribution in [1.29, 1.82) is 0 Å². The van der Waals surface area contributed by atoms with E-state index in [2.05, 4.69) is 4.98 Å². The first-order valence-electron chi connectivity index (χ1n) is 6.16. The number of aromatic nitrogens is 1. The maximum Gasteiger partial charge on any atom is 0.338 e. The number of thioether (sulfide) groups is 1. The van der Waals surface area contributed by atoms with Crippen LogP contribution in [0.2, 0.25) is 5.02 Å². The summed E-state index contributed by atoms with van der Waals surface area (Å²) < 4.78 is 13.1. The highest BCUT2D eigenvalue weighted by Crippen LogP contribution is 2.28. The molecule has 110 valence electrons. The Morgan fingerprint density at radius 1 is 1.38 bits per heavy atom. The van der Waals surface area contributed by atoms with E-state index in [1.807, 2.05) is 6.92 Å². The predicted octanol–water partition coefficient (Wildman–Crippen LogP) is 4.48. The maximum absolute atomic E-state index is 13.1. The van der Waals surface area contributed by atoms with Crippen LogP contribution in [-0.4, -0.2) is 16.1 Å². The Labute approximate surface area is 131 Å². The van der Waals surface area contributed by atoms with E-state index < -0.39 is 11.8 Å². The van der Waals surface area contributed by atoms with Crippen molar-refractivity contribution in [2.75, 3.05) is 0 Å². The Kier molecular flexibility index (Phi) is 4.85. The summed E-state index contributed by atoms with van der Waals surface area (Å²) in [5.74, 6) is -1.00. The zero-order valence-corrected chi connectivity index (χ0v) is 13.1. The largest absolute Gasteiger partial charge is 0.478 e. The zero-order chi connectivity index (χ0) is 15.6. The average Bonchev–Trinajstić information content (AvgIpc) is 2.38. The normalized spacial score (nSPS) is 10.7. The molecule has 0 fully saturated rings. The van der Waals surface area contributed by atoms with Gasteiger partial charge >= 0.3 is 5.97 Å². The van der Waals surface area contributed by atoms with Crippen LogP contribution in [0.25, 0.3) is 0 Å². The number of nitrogens with zero attached hydrogens (tertiary/aromatic N) is 1. The number of pyridine rings is 1. The molecule has 21 heavy (non-hydrogen) atoms. The molecule has 2 aromatic rings. The van der Waals surface area contributed by atoms with Crippen LogP contribution in [0.15, 0.2) is 29.3 Å². The van der Waals surface area contributed by atoms with Crippen LogP contribution >= 0.6 is 23.4 Å². The molecule has 0 aliphatic rings. The molecule has 0 saturated carbocycles. The average molecular weight is 326 g/mol. The third kappa shape index (κ3) is 3.74. The quantitative estimate of drug-likeness (QED) is 0.842. The van der Waals surface area contributed by atoms with Crippen LogP contribution in [0.1, 0.15) is 27.2 Å². The molecule has 0 bridgehead atoms. The van der Waals surface area contributed by atoms with Crippen LogP contribution in [0, 0.1) is 19.7 Å². The van der Waals surface area contributed by atoms with Gasteiger partial charge in [0.1, 0.15) is 10.8 Å². The van der Waals surface area contributed by atoms with Crippen LogP contribution in [0.3, 0.4) is 0 Å². The molecule has 2 rings (SSSR count). The second-order valence-corrected chi connectivity index (χ2v) is 5.97. The summed E-state index contributed by atoms with van der Waals surface area (Å²) in [5, 5.41) is 9.81. The molecule has 1 aromatic carbocycles. The van der Waals surface area contributed by atoms with Crippen molar-refractivity contribution in [3.8, 4) is 0 Å². The van der Waals surface area contributed by atoms with Crippen molar-refractivity contribution in [2.24, 2.45) is 0 Å². The molecular weight excluding hydrogens is 313 g/mol. The van der Waals surface area contributed by atoms with Gasteiger partial charge in [0, 0.05) is 11.4 Å². The molecule has 6 heteroatoms. The first kappa shape index (κ1) is 15.8. The molecule has 1 aromatic heterocycles. The molecule has 0 spiro atoms. The Bertz CT molecular complexity index is 706. The molecule has 3 nitrogen and oxygen atoms in total. The van der Waals surface area contributed by atoms with Gasteiger partial charge in [-0.1, -0.05) is 17.7 Å². The minimum atomic E-state index is -1.00. The molecule has 1 N–H and O–H groups in total. The maximum atomic E-state index is 13.1. The highest BCUT2D eigenvalue weighted by molar-refractivity contribution is 7.98. The summed E-state index contributed by atoms with van der Waals surface area (Å²) in [4.78, 5) is 15.6. The van der Waals surface area contributed by atoms with Gasteiger partial charge in [0.2, 0.25) is 0 Å². The van der Waals surface area contributed by atoms with E-state index in [4.69, 9.17) is 11.6 Å². The number of rotatable bonds is 4. The number of benzene rings is 1. The Morgan fingerprint density at radius 3 is 2.71 bits per heavy atom. The number of carbonyl (C=O) groups is 1. The zero-order valence-electron chi connectivity index (χ0n) is 11.5. The lowest BCUT2D eigenvalue weighted by molar-refractivity contribution is 0.0691. The van der Waals surface area contributed by atoms with Crippen LogP contribution < -0.4 is 0 Å². The Balaban J connectivity index is 2.27. The Morgan fingerprint density at radius 2 is 2.10 bits per heavy atom. The lowest BCUT2D eigenvalue weighted by Crippen LogP contribution is -2.05. The molecule has 0 saturated heterocycles. The second-order valence-electron chi connectivity index (χ2n) is 4.60. The topological polar surface area (TPSA) is 50.2 Å². The summed E-state index contributed by atoms with van der Waals surface area (Å²) in [7, 11) is 0. The second kappa shape index (κ2) is 6.45. The monoisotopic (exact) mass is 325 g/mol. The molecule has 0 aliphatic heterocycles. The fourth-order valence-electron chi connectivity index (χ4n) is 1.95. The number of hydrogen-bond donors (Lipinski definition) is 1. The van der Waals surface area contributed by atoms with E-state index in [9.17, 15) is 14.3 Å². The van der Waals surface area contributed by atoms with Crippen molar-refractivity contribution in [3.05, 3.63) is 57.5 Å². The van der Waals surface area contributed by atoms with Crippen LogP contribution in [0.5, 0.6) is 0 Å². The van der Waals surface area contributed by atoms with E-state index in [1.165, 1.54) is 23.9 Å². The van der Waals surface area contributed by atoms with E-state index in [0.717, 1.165) is 11.3 Å². The number of aryl methyl sites for hydroxylation is 2. The molecule has 0 aliphatic carbocycles. The van der Waals surface area contributed by atoms with Crippen molar-refractivity contribution < 1.29 is 14.3 Å². The van der Waals surface area contributed by atoms with Crippen LogP contribution in [-0.2, 0) is 5.75 Å². The first-order valence-corrected chi connectivity index (χ1v) is 7.53. The molecule has 0 unspecified atom stereocenters. The van der Waals surface area contributed by atoms with Crippen molar-refractivity contribution in [2.45, 2.75) is 24.6 Å². The standard InChI is InChI=1S/C15H13ClFNO2S/c1-8-5-9(2)18-14(13(8)15(19)20)21-7-10-3-4-12(17)11(16)6-10/h3-6H,7H2,1-2H3,(H,19,20). The van der Waals surface area contributed by atoms with E-state index in [-0.39, 0.29) is 10.6 Å². The first-order chi connectivity index (χ1) is 9.88. The fourth-order valence-corrected chi connectivity index (χ4v) is 3.24. The number of carboxylic acid groups (broad SMARTS) is 1. The van der Waals surface area contributed by atoms with Crippen molar-refractivity contribution in [3.63, 3.8) is 0 Å². The van der Waals surface area contributed by atoms with E-state index in [1.54, 1.807) is 19.1 Å². The summed E-state index contributed by atoms with van der Waals surface area (Å²) in [5.41, 5.74) is 2.45.